The second-order valence-corrected chi connectivity index (χ2v) is 10.5. The van der Waals surface area contributed by atoms with E-state index in [-0.39, 0.29) is 17.7 Å². The van der Waals surface area contributed by atoms with Crippen molar-refractivity contribution in [2.24, 2.45) is 4.99 Å². The summed E-state index contributed by atoms with van der Waals surface area (Å²) in [6, 6.07) is 15.8. The predicted octanol–water partition coefficient (Wildman–Crippen LogP) is 6.59. The van der Waals surface area contributed by atoms with E-state index in [2.05, 4.69) is 24.0 Å². The minimum Gasteiger partial charge on any atom is -0.334 e. The van der Waals surface area contributed by atoms with Gasteiger partial charge in [-0.2, -0.15) is 0 Å². The van der Waals surface area contributed by atoms with Crippen molar-refractivity contribution in [3.63, 3.8) is 0 Å². The van der Waals surface area contributed by atoms with Crippen LogP contribution in [0, 0.1) is 0 Å². The van der Waals surface area contributed by atoms with Crippen LogP contribution in [0.4, 0.5) is 11.4 Å². The van der Waals surface area contributed by atoms with E-state index in [1.165, 1.54) is 23.1 Å². The maximum Gasteiger partial charge on any atom is 0.269 e. The molecular formula is C26H27N3O2S2. The van der Waals surface area contributed by atoms with Crippen LogP contribution in [0.5, 0.6) is 0 Å². The number of benzene rings is 2. The Labute approximate surface area is 203 Å². The number of amidine groups is 1. The molecule has 0 aromatic heterocycles. The molecule has 1 amide bonds. The van der Waals surface area contributed by atoms with Gasteiger partial charge in [0.1, 0.15) is 9.93 Å². The van der Waals surface area contributed by atoms with Gasteiger partial charge >= 0.3 is 0 Å². The Morgan fingerprint density at radius 2 is 1.85 bits per heavy atom. The van der Waals surface area contributed by atoms with Crippen molar-refractivity contribution in [2.75, 3.05) is 11.4 Å². The Morgan fingerprint density at radius 1 is 1.06 bits per heavy atom. The molecule has 1 aliphatic carbocycles. The monoisotopic (exact) mass is 477 g/mol. The topological polar surface area (TPSA) is 53.0 Å². The van der Waals surface area contributed by atoms with E-state index in [9.17, 15) is 9.59 Å². The third kappa shape index (κ3) is 4.24. The van der Waals surface area contributed by atoms with E-state index in [4.69, 9.17) is 4.99 Å². The molecule has 5 nitrogen and oxygen atoms in total. The molecule has 0 bridgehead atoms. The van der Waals surface area contributed by atoms with Crippen LogP contribution in [0.15, 0.2) is 68.4 Å². The van der Waals surface area contributed by atoms with Crippen molar-refractivity contribution < 1.29 is 9.59 Å². The number of aliphatic imine (C=N–C) groups is 1. The van der Waals surface area contributed by atoms with Gasteiger partial charge < -0.3 is 4.90 Å². The van der Waals surface area contributed by atoms with Gasteiger partial charge in [-0.15, -0.1) is 0 Å². The van der Waals surface area contributed by atoms with Gasteiger partial charge in [-0.1, -0.05) is 55.3 Å². The number of fused-ring (bicyclic) bond motifs is 1. The molecule has 2 aromatic rings. The summed E-state index contributed by atoms with van der Waals surface area (Å²) in [4.78, 5) is 36.7. The molecule has 2 fully saturated rings. The second kappa shape index (κ2) is 9.39. The van der Waals surface area contributed by atoms with Crippen molar-refractivity contribution in [2.45, 2.75) is 56.9 Å². The third-order valence-electron chi connectivity index (χ3n) is 6.35. The van der Waals surface area contributed by atoms with Crippen LogP contribution in [0.25, 0.3) is 0 Å². The fraction of sp³-hybridized carbons (Fsp3) is 0.346. The van der Waals surface area contributed by atoms with Crippen molar-refractivity contribution in [1.82, 2.24) is 4.90 Å². The summed E-state index contributed by atoms with van der Waals surface area (Å²) in [7, 11) is 0. The highest BCUT2D eigenvalue weighted by molar-refractivity contribution is 8.19. The number of rotatable bonds is 4. The van der Waals surface area contributed by atoms with Crippen molar-refractivity contribution in [1.29, 1.82) is 0 Å². The predicted molar refractivity (Wildman–Crippen MR) is 137 cm³/mol. The summed E-state index contributed by atoms with van der Waals surface area (Å²) in [5.41, 5.74) is 2.50. The first-order chi connectivity index (χ1) is 16.1. The quantitative estimate of drug-likeness (QED) is 0.367. The maximum atomic E-state index is 13.9. The number of Topliss-reactive ketones (excluding diaryl/α,β-unsaturated/α-hetero) is 1. The fourth-order valence-electron chi connectivity index (χ4n) is 4.68. The summed E-state index contributed by atoms with van der Waals surface area (Å²) >= 11 is 3.15. The number of hydrogen-bond acceptors (Lipinski definition) is 6. The molecule has 7 heteroatoms. The largest absolute Gasteiger partial charge is 0.334 e. The molecule has 33 heavy (non-hydrogen) atoms. The zero-order valence-electron chi connectivity index (χ0n) is 18.9. The van der Waals surface area contributed by atoms with Crippen molar-refractivity contribution in [3.8, 4) is 0 Å². The smallest absolute Gasteiger partial charge is 0.269 e. The molecule has 1 saturated carbocycles. The minimum atomic E-state index is 0.0119. The van der Waals surface area contributed by atoms with Crippen LogP contribution in [-0.2, 0) is 4.79 Å². The summed E-state index contributed by atoms with van der Waals surface area (Å²) in [6.07, 6.45) is 5.51. The lowest BCUT2D eigenvalue weighted by atomic mass is 9.94. The van der Waals surface area contributed by atoms with Gasteiger partial charge in [0, 0.05) is 23.0 Å². The summed E-state index contributed by atoms with van der Waals surface area (Å²) in [5.74, 6) is 0.0694. The molecule has 170 valence electrons. The maximum absolute atomic E-state index is 13.9. The zero-order chi connectivity index (χ0) is 22.9. The van der Waals surface area contributed by atoms with Gasteiger partial charge in [-0.3, -0.25) is 14.5 Å². The van der Waals surface area contributed by atoms with E-state index in [0.717, 1.165) is 53.0 Å². The van der Waals surface area contributed by atoms with Crippen LogP contribution < -0.4 is 4.90 Å². The van der Waals surface area contributed by atoms with Gasteiger partial charge in [-0.05, 0) is 62.7 Å². The van der Waals surface area contributed by atoms with E-state index >= 15 is 0 Å². The Balaban J connectivity index is 1.57. The average Bonchev–Trinajstić information content (AvgIpc) is 3.36. The number of amides is 1. The Bertz CT molecular complexity index is 1170. The van der Waals surface area contributed by atoms with Crippen LogP contribution in [0.1, 0.15) is 56.3 Å². The lowest BCUT2D eigenvalue weighted by Gasteiger charge is -2.30. The standard InChI is InChI=1S/C26H27N3O2S2/c1-3-28-21-14-7-8-15-22(21)32-25(28)23-24(31)29(20-12-5-4-6-13-20)26(33-23)27-19-11-9-10-18(16-19)17(2)30/h7-11,14-16,20H,3-6,12-13H2,1-2H3/b25-23-,27-26?. The highest BCUT2D eigenvalue weighted by Gasteiger charge is 2.42. The number of thioether (sulfide) groups is 2. The molecule has 0 radical (unpaired) electrons. The van der Waals surface area contributed by atoms with E-state index in [0.29, 0.717) is 11.3 Å². The molecule has 5 rings (SSSR count). The van der Waals surface area contributed by atoms with Gasteiger partial charge in [-0.25, -0.2) is 4.99 Å². The number of ketones is 1. The molecule has 1 saturated heterocycles. The number of hydrogen-bond donors (Lipinski definition) is 0. The van der Waals surface area contributed by atoms with Crippen molar-refractivity contribution in [3.05, 3.63) is 64.0 Å². The first-order valence-electron chi connectivity index (χ1n) is 11.6. The van der Waals surface area contributed by atoms with Crippen LogP contribution in [0.3, 0.4) is 0 Å². The highest BCUT2D eigenvalue weighted by Crippen LogP contribution is 2.51. The number of para-hydroxylation sites is 1. The number of carbonyl (C=O) groups is 2. The SMILES string of the molecule is CCN1/C(=C2/SC(=Nc3cccc(C(C)=O)c3)N(C3CCCCC3)C2=O)Sc2ccccc21. The minimum absolute atomic E-state index is 0.0119. The fourth-order valence-corrected chi connectivity index (χ4v) is 7.13. The van der Waals surface area contributed by atoms with Gasteiger partial charge in [0.25, 0.3) is 5.91 Å². The zero-order valence-corrected chi connectivity index (χ0v) is 20.5. The first kappa shape index (κ1) is 22.3. The molecule has 2 aromatic carbocycles. The van der Waals surface area contributed by atoms with E-state index < -0.39 is 0 Å². The van der Waals surface area contributed by atoms with Crippen molar-refractivity contribution >= 4 is 51.8 Å². The molecule has 2 heterocycles. The summed E-state index contributed by atoms with van der Waals surface area (Å²) < 4.78 is 0. The second-order valence-electron chi connectivity index (χ2n) is 8.52. The first-order valence-corrected chi connectivity index (χ1v) is 13.2. The molecule has 0 N–H and O–H groups in total. The lowest BCUT2D eigenvalue weighted by molar-refractivity contribution is -0.124. The van der Waals surface area contributed by atoms with E-state index in [1.54, 1.807) is 24.8 Å². The molecule has 0 spiro atoms. The normalized spacial score (nSPS) is 22.4. The van der Waals surface area contributed by atoms with Crippen LogP contribution in [0.2, 0.25) is 0 Å². The number of carbonyl (C=O) groups excluding carboxylic acids is 2. The molecule has 0 unspecified atom stereocenters. The molecule has 0 atom stereocenters. The molecule has 3 aliphatic rings. The Morgan fingerprint density at radius 3 is 2.61 bits per heavy atom. The lowest BCUT2D eigenvalue weighted by Crippen LogP contribution is -2.40. The van der Waals surface area contributed by atoms with Crippen LogP contribution in [-0.4, -0.2) is 34.3 Å². The van der Waals surface area contributed by atoms with E-state index in [1.807, 2.05) is 35.2 Å². The average molecular weight is 478 g/mol. The Hall–Kier alpha value is -2.51. The van der Waals surface area contributed by atoms with Gasteiger partial charge in [0.2, 0.25) is 0 Å². The number of nitrogens with zero attached hydrogens (tertiary/aromatic N) is 3. The Kier molecular flexibility index (Phi) is 6.34. The highest BCUT2D eigenvalue weighted by atomic mass is 32.2. The summed E-state index contributed by atoms with van der Waals surface area (Å²) in [6.45, 7) is 4.48. The molecule has 2 aliphatic heterocycles. The van der Waals surface area contributed by atoms with Crippen LogP contribution >= 0.6 is 23.5 Å². The van der Waals surface area contributed by atoms with Gasteiger partial charge in [0.15, 0.2) is 11.0 Å². The third-order valence-corrected chi connectivity index (χ3v) is 8.70. The summed E-state index contributed by atoms with van der Waals surface area (Å²) in [5, 5.41) is 1.72. The van der Waals surface area contributed by atoms with Gasteiger partial charge in [0.05, 0.1) is 11.4 Å². The number of anilines is 1. The molecular weight excluding hydrogens is 450 g/mol.